The zero-order chi connectivity index (χ0) is 17.9. The number of imidazole rings is 1. The summed E-state index contributed by atoms with van der Waals surface area (Å²) in [5.74, 6) is 0.0419. The van der Waals surface area contributed by atoms with Gasteiger partial charge in [-0.25, -0.2) is 13.4 Å². The van der Waals surface area contributed by atoms with Crippen LogP contribution in [-0.4, -0.2) is 48.8 Å². The quantitative estimate of drug-likeness (QED) is 0.836. The third-order valence-electron chi connectivity index (χ3n) is 4.18. The Hall–Kier alpha value is -2.39. The summed E-state index contributed by atoms with van der Waals surface area (Å²) in [6, 6.07) is 7.06. The SMILES string of the molecule is COc1cccc(NC(=O)[C@H]2CCCN(S(=O)(=O)c3cnc[nH]3)C2)c1. The topological polar surface area (TPSA) is 104 Å². The fourth-order valence-corrected chi connectivity index (χ4v) is 4.26. The largest absolute Gasteiger partial charge is 0.497 e. The van der Waals surface area contributed by atoms with Crippen molar-refractivity contribution in [3.8, 4) is 5.75 Å². The highest BCUT2D eigenvalue weighted by molar-refractivity contribution is 7.89. The van der Waals surface area contributed by atoms with Gasteiger partial charge in [-0.1, -0.05) is 6.07 Å². The molecule has 1 aromatic heterocycles. The number of sulfonamides is 1. The number of piperidine rings is 1. The first-order valence-corrected chi connectivity index (χ1v) is 9.38. The molecule has 3 rings (SSSR count). The lowest BCUT2D eigenvalue weighted by atomic mass is 9.98. The molecule has 0 saturated carbocycles. The predicted octanol–water partition coefficient (Wildman–Crippen LogP) is 1.46. The van der Waals surface area contributed by atoms with Crippen molar-refractivity contribution in [2.75, 3.05) is 25.5 Å². The van der Waals surface area contributed by atoms with Gasteiger partial charge in [0, 0.05) is 24.8 Å². The number of nitrogens with one attached hydrogen (secondary N) is 2. The Morgan fingerprint density at radius 2 is 2.28 bits per heavy atom. The lowest BCUT2D eigenvalue weighted by Crippen LogP contribution is -2.43. The molecular formula is C16H20N4O4S. The van der Waals surface area contributed by atoms with Crippen molar-refractivity contribution >= 4 is 21.6 Å². The number of nitrogens with zero attached hydrogens (tertiary/aromatic N) is 2. The van der Waals surface area contributed by atoms with E-state index in [0.717, 1.165) is 0 Å². The first-order valence-electron chi connectivity index (χ1n) is 7.94. The first kappa shape index (κ1) is 17.4. The van der Waals surface area contributed by atoms with Crippen molar-refractivity contribution < 1.29 is 17.9 Å². The summed E-state index contributed by atoms with van der Waals surface area (Å²) >= 11 is 0. The highest BCUT2D eigenvalue weighted by Crippen LogP contribution is 2.24. The zero-order valence-corrected chi connectivity index (χ0v) is 14.6. The minimum Gasteiger partial charge on any atom is -0.497 e. The van der Waals surface area contributed by atoms with Gasteiger partial charge >= 0.3 is 0 Å². The smallest absolute Gasteiger partial charge is 0.260 e. The van der Waals surface area contributed by atoms with E-state index in [1.54, 1.807) is 31.4 Å². The number of aromatic nitrogens is 2. The van der Waals surface area contributed by atoms with E-state index >= 15 is 0 Å². The normalized spacial score (nSPS) is 18.7. The van der Waals surface area contributed by atoms with E-state index in [0.29, 0.717) is 30.8 Å². The van der Waals surface area contributed by atoms with Crippen LogP contribution in [0.4, 0.5) is 5.69 Å². The van der Waals surface area contributed by atoms with Gasteiger partial charge < -0.3 is 15.0 Å². The molecule has 2 aromatic rings. The summed E-state index contributed by atoms with van der Waals surface area (Å²) in [6.45, 7) is 0.543. The number of H-pyrrole nitrogens is 1. The molecule has 9 heteroatoms. The molecule has 25 heavy (non-hydrogen) atoms. The summed E-state index contributed by atoms with van der Waals surface area (Å²) in [5.41, 5.74) is 0.623. The molecule has 0 spiro atoms. The summed E-state index contributed by atoms with van der Waals surface area (Å²) < 4.78 is 31.6. The van der Waals surface area contributed by atoms with Crippen molar-refractivity contribution in [3.63, 3.8) is 0 Å². The van der Waals surface area contributed by atoms with Crippen molar-refractivity contribution in [1.82, 2.24) is 14.3 Å². The summed E-state index contributed by atoms with van der Waals surface area (Å²) in [5, 5.41) is 2.88. The molecule has 1 fully saturated rings. The number of carbonyl (C=O) groups is 1. The Bertz CT molecular complexity index is 836. The van der Waals surface area contributed by atoms with Crippen LogP contribution in [0.3, 0.4) is 0 Å². The summed E-state index contributed by atoms with van der Waals surface area (Å²) in [7, 11) is -2.10. The average molecular weight is 364 g/mol. The number of hydrogen-bond acceptors (Lipinski definition) is 5. The van der Waals surface area contributed by atoms with E-state index in [9.17, 15) is 13.2 Å². The molecule has 8 nitrogen and oxygen atoms in total. The highest BCUT2D eigenvalue weighted by Gasteiger charge is 2.34. The first-order chi connectivity index (χ1) is 12.0. The Morgan fingerprint density at radius 3 is 3.00 bits per heavy atom. The summed E-state index contributed by atoms with van der Waals surface area (Å²) in [6.07, 6.45) is 3.87. The van der Waals surface area contributed by atoms with Crippen molar-refractivity contribution in [1.29, 1.82) is 0 Å². The standard InChI is InChI=1S/C16H20N4O4S/c1-24-14-6-2-5-13(8-14)19-16(21)12-4-3-7-20(10-12)25(22,23)15-9-17-11-18-15/h2,5-6,8-9,11-12H,3-4,7,10H2,1H3,(H,17,18)(H,19,21)/t12-/m0/s1. The molecule has 134 valence electrons. The number of anilines is 1. The lowest BCUT2D eigenvalue weighted by molar-refractivity contribution is -0.120. The Labute approximate surface area is 146 Å². The van der Waals surface area contributed by atoms with Gasteiger partial charge in [0.2, 0.25) is 5.91 Å². The monoisotopic (exact) mass is 364 g/mol. The molecule has 0 aliphatic carbocycles. The van der Waals surface area contributed by atoms with Crippen LogP contribution in [0.25, 0.3) is 0 Å². The minimum atomic E-state index is -3.65. The summed E-state index contributed by atoms with van der Waals surface area (Å²) in [4.78, 5) is 18.9. The number of methoxy groups -OCH3 is 1. The van der Waals surface area contributed by atoms with E-state index in [4.69, 9.17) is 4.74 Å². The van der Waals surface area contributed by atoms with Crippen molar-refractivity contribution in [2.45, 2.75) is 17.9 Å². The molecule has 2 heterocycles. The van der Waals surface area contributed by atoms with E-state index in [-0.39, 0.29) is 17.5 Å². The Morgan fingerprint density at radius 1 is 1.44 bits per heavy atom. The van der Waals surface area contributed by atoms with Crippen LogP contribution in [0, 0.1) is 5.92 Å². The molecule has 1 atom stereocenters. The molecule has 1 aromatic carbocycles. The fourth-order valence-electron chi connectivity index (χ4n) is 2.84. The Kier molecular flexibility index (Phi) is 5.05. The molecule has 0 bridgehead atoms. The highest BCUT2D eigenvalue weighted by atomic mass is 32.2. The zero-order valence-electron chi connectivity index (χ0n) is 13.8. The van der Waals surface area contributed by atoms with E-state index in [1.165, 1.54) is 16.8 Å². The molecule has 0 unspecified atom stereocenters. The maximum Gasteiger partial charge on any atom is 0.260 e. The van der Waals surface area contributed by atoms with Gasteiger partial charge in [-0.2, -0.15) is 4.31 Å². The number of hydrogen-bond donors (Lipinski definition) is 2. The molecule has 1 amide bonds. The van der Waals surface area contributed by atoms with Crippen LogP contribution < -0.4 is 10.1 Å². The minimum absolute atomic E-state index is 0.0429. The molecule has 1 aliphatic rings. The van der Waals surface area contributed by atoms with Gasteiger partial charge in [0.05, 0.1) is 25.6 Å². The van der Waals surface area contributed by atoms with Crippen LogP contribution in [0.5, 0.6) is 5.75 Å². The van der Waals surface area contributed by atoms with E-state index in [1.807, 2.05) is 0 Å². The molecule has 1 saturated heterocycles. The number of ether oxygens (including phenoxy) is 1. The van der Waals surface area contributed by atoms with Gasteiger partial charge in [0.25, 0.3) is 10.0 Å². The van der Waals surface area contributed by atoms with Crippen LogP contribution >= 0.6 is 0 Å². The number of carbonyl (C=O) groups excluding carboxylic acids is 1. The average Bonchev–Trinajstić information content (AvgIpc) is 3.17. The third-order valence-corrected chi connectivity index (χ3v) is 5.97. The van der Waals surface area contributed by atoms with Gasteiger partial charge in [-0.3, -0.25) is 4.79 Å². The second kappa shape index (κ2) is 7.24. The van der Waals surface area contributed by atoms with Gasteiger partial charge in [0.1, 0.15) is 5.75 Å². The van der Waals surface area contributed by atoms with Crippen LogP contribution in [0.1, 0.15) is 12.8 Å². The number of amides is 1. The van der Waals surface area contributed by atoms with Crippen LogP contribution in [0.15, 0.2) is 41.8 Å². The maximum absolute atomic E-state index is 12.6. The molecular weight excluding hydrogens is 344 g/mol. The van der Waals surface area contributed by atoms with E-state index < -0.39 is 15.9 Å². The number of benzene rings is 1. The van der Waals surface area contributed by atoms with Crippen LogP contribution in [0.2, 0.25) is 0 Å². The number of aromatic amines is 1. The van der Waals surface area contributed by atoms with Crippen molar-refractivity contribution in [3.05, 3.63) is 36.8 Å². The third kappa shape index (κ3) is 3.83. The van der Waals surface area contributed by atoms with Crippen molar-refractivity contribution in [2.24, 2.45) is 5.92 Å². The second-order valence-electron chi connectivity index (χ2n) is 5.84. The van der Waals surface area contributed by atoms with Crippen LogP contribution in [-0.2, 0) is 14.8 Å². The predicted molar refractivity (Wildman–Crippen MR) is 91.7 cm³/mol. The van der Waals surface area contributed by atoms with Gasteiger partial charge in [-0.05, 0) is 25.0 Å². The second-order valence-corrected chi connectivity index (χ2v) is 7.75. The van der Waals surface area contributed by atoms with Gasteiger partial charge in [0.15, 0.2) is 5.03 Å². The van der Waals surface area contributed by atoms with Gasteiger partial charge in [-0.15, -0.1) is 0 Å². The molecule has 2 N–H and O–H groups in total. The molecule has 0 radical (unpaired) electrons. The fraction of sp³-hybridized carbons (Fsp3) is 0.375. The number of rotatable bonds is 5. The van der Waals surface area contributed by atoms with E-state index in [2.05, 4.69) is 15.3 Å². The lowest BCUT2D eigenvalue weighted by Gasteiger charge is -2.30. The Balaban J connectivity index is 1.69. The maximum atomic E-state index is 12.6. The molecule has 1 aliphatic heterocycles.